The van der Waals surface area contributed by atoms with Crippen molar-refractivity contribution in [2.45, 2.75) is 161 Å². The van der Waals surface area contributed by atoms with E-state index >= 15 is 0 Å². The smallest absolute Gasteiger partial charge is 0.0465 e. The van der Waals surface area contributed by atoms with Gasteiger partial charge >= 0.3 is 0 Å². The summed E-state index contributed by atoms with van der Waals surface area (Å²) < 4.78 is 0. The number of para-hydroxylation sites is 2. The maximum Gasteiger partial charge on any atom is 0.0465 e. The molecule has 0 saturated carbocycles. The minimum absolute atomic E-state index is 0.0846. The molecule has 1 heteroatoms. The largest absolute Gasteiger partial charge is 0.310 e. The third-order valence-corrected chi connectivity index (χ3v) is 11.5. The molecule has 1 aliphatic carbocycles. The molecule has 0 saturated heterocycles. The van der Waals surface area contributed by atoms with E-state index in [0.29, 0.717) is 0 Å². The lowest BCUT2D eigenvalue weighted by atomic mass is 9.70. The first-order valence-electron chi connectivity index (χ1n) is 20.9. The van der Waals surface area contributed by atoms with Crippen molar-refractivity contribution in [3.8, 4) is 11.1 Å². The molecule has 0 atom stereocenters. The lowest BCUT2D eigenvalue weighted by Crippen LogP contribution is -2.26. The number of nitrogens with zero attached hydrogens (tertiary/aromatic N) is 1. The number of fused-ring (bicyclic) bond motifs is 3. The Labute approximate surface area is 306 Å². The summed E-state index contributed by atoms with van der Waals surface area (Å²) in [4.78, 5) is 2.45. The molecule has 0 radical (unpaired) electrons. The molecule has 0 N–H and O–H groups in total. The van der Waals surface area contributed by atoms with E-state index in [-0.39, 0.29) is 5.41 Å². The van der Waals surface area contributed by atoms with Crippen molar-refractivity contribution in [1.29, 1.82) is 0 Å². The van der Waals surface area contributed by atoms with Crippen molar-refractivity contribution >= 4 is 17.1 Å². The Balaban J connectivity index is 1.36. The first-order chi connectivity index (χ1) is 24.8. The zero-order valence-electron chi connectivity index (χ0n) is 31.8. The molecule has 0 heterocycles. The van der Waals surface area contributed by atoms with Crippen molar-refractivity contribution in [3.63, 3.8) is 0 Å². The summed E-state index contributed by atoms with van der Waals surface area (Å²) in [6.45, 7) is 4.63. The Hall–Kier alpha value is -3.32. The topological polar surface area (TPSA) is 3.24 Å². The SMILES string of the molecule is CCCCCCCCCCCCC1(CCCCCCCCCCCC)c2ccccc2-c2ccc(N(c3ccccc3)c3ccccc3)cc21. The van der Waals surface area contributed by atoms with Gasteiger partial charge in [0.05, 0.1) is 0 Å². The van der Waals surface area contributed by atoms with Gasteiger partial charge in [0.2, 0.25) is 0 Å². The maximum absolute atomic E-state index is 2.59. The molecule has 0 fully saturated rings. The molecule has 0 aromatic heterocycles. The number of rotatable bonds is 25. The van der Waals surface area contributed by atoms with Crippen molar-refractivity contribution < 1.29 is 0 Å². The minimum atomic E-state index is 0.0846. The lowest BCUT2D eigenvalue weighted by molar-refractivity contribution is 0.397. The van der Waals surface area contributed by atoms with E-state index < -0.39 is 0 Å². The Morgan fingerprint density at radius 1 is 0.360 bits per heavy atom. The zero-order chi connectivity index (χ0) is 34.7. The highest BCUT2D eigenvalue weighted by atomic mass is 15.1. The summed E-state index contributed by atoms with van der Waals surface area (Å²) in [7, 11) is 0. The maximum atomic E-state index is 2.59. The van der Waals surface area contributed by atoms with E-state index in [4.69, 9.17) is 0 Å². The van der Waals surface area contributed by atoms with Crippen LogP contribution in [-0.4, -0.2) is 0 Å². The minimum Gasteiger partial charge on any atom is -0.310 e. The van der Waals surface area contributed by atoms with Crippen LogP contribution in [0.3, 0.4) is 0 Å². The van der Waals surface area contributed by atoms with E-state index in [1.165, 1.54) is 169 Å². The summed E-state index contributed by atoms with van der Waals surface area (Å²) >= 11 is 0. The van der Waals surface area contributed by atoms with Gasteiger partial charge in [0.15, 0.2) is 0 Å². The van der Waals surface area contributed by atoms with Gasteiger partial charge in [0.25, 0.3) is 0 Å². The van der Waals surface area contributed by atoms with Crippen molar-refractivity contribution in [2.75, 3.05) is 4.90 Å². The van der Waals surface area contributed by atoms with Gasteiger partial charge in [0.1, 0.15) is 0 Å². The molecule has 0 bridgehead atoms. The molecule has 268 valence electrons. The highest BCUT2D eigenvalue weighted by Gasteiger charge is 2.42. The Kier molecular flexibility index (Phi) is 16.0. The zero-order valence-corrected chi connectivity index (χ0v) is 31.8. The van der Waals surface area contributed by atoms with E-state index in [9.17, 15) is 0 Å². The molecular formula is C49H67N. The summed E-state index contributed by atoms with van der Waals surface area (Å²) in [5.74, 6) is 0. The molecule has 0 spiro atoms. The second-order valence-electron chi connectivity index (χ2n) is 15.2. The van der Waals surface area contributed by atoms with Crippen LogP contribution in [0.15, 0.2) is 103 Å². The van der Waals surface area contributed by atoms with Crippen molar-refractivity contribution in [1.82, 2.24) is 0 Å². The van der Waals surface area contributed by atoms with Crippen LogP contribution in [-0.2, 0) is 5.41 Å². The van der Waals surface area contributed by atoms with Crippen molar-refractivity contribution in [3.05, 3.63) is 114 Å². The Morgan fingerprint density at radius 2 is 0.760 bits per heavy atom. The van der Waals surface area contributed by atoms with Crippen LogP contribution >= 0.6 is 0 Å². The fourth-order valence-electron chi connectivity index (χ4n) is 8.68. The predicted molar refractivity (Wildman–Crippen MR) is 220 cm³/mol. The van der Waals surface area contributed by atoms with Crippen LogP contribution in [0, 0.1) is 0 Å². The first kappa shape index (κ1) is 37.9. The van der Waals surface area contributed by atoms with Gasteiger partial charge in [-0.3, -0.25) is 0 Å². The van der Waals surface area contributed by atoms with Gasteiger partial charge in [0, 0.05) is 22.5 Å². The highest BCUT2D eigenvalue weighted by Crippen LogP contribution is 2.55. The fraction of sp³-hybridized carbons (Fsp3) is 0.510. The average molecular weight is 670 g/mol. The summed E-state index contributed by atoms with van der Waals surface area (Å²) in [6, 6.07) is 38.7. The number of anilines is 3. The van der Waals surface area contributed by atoms with Gasteiger partial charge in [-0.15, -0.1) is 0 Å². The molecule has 5 rings (SSSR count). The quantitative estimate of drug-likeness (QED) is 0.0635. The highest BCUT2D eigenvalue weighted by molar-refractivity contribution is 5.85. The summed E-state index contributed by atoms with van der Waals surface area (Å²) in [5.41, 5.74) is 9.87. The fourth-order valence-corrected chi connectivity index (χ4v) is 8.68. The molecule has 0 aliphatic heterocycles. The molecule has 1 nitrogen and oxygen atoms in total. The summed E-state index contributed by atoms with van der Waals surface area (Å²) in [6.07, 6.45) is 30.3. The molecule has 4 aromatic rings. The van der Waals surface area contributed by atoms with Gasteiger partial charge in [-0.1, -0.05) is 209 Å². The lowest BCUT2D eigenvalue weighted by Gasteiger charge is -2.34. The summed E-state index contributed by atoms with van der Waals surface area (Å²) in [5, 5.41) is 0. The standard InChI is InChI=1S/C49H67N/c1-3-5-7-9-11-13-15-17-19-29-39-49(40-30-20-18-16-14-12-10-8-6-4-2)47-36-28-27-35-45(47)46-38-37-44(41-48(46)49)50(42-31-23-21-24-32-42)43-33-25-22-26-34-43/h21-28,31-38,41H,3-20,29-30,39-40H2,1-2H3. The Morgan fingerprint density at radius 3 is 1.24 bits per heavy atom. The second-order valence-corrected chi connectivity index (χ2v) is 15.2. The van der Waals surface area contributed by atoms with E-state index in [2.05, 4.69) is 122 Å². The first-order valence-corrected chi connectivity index (χ1v) is 20.9. The average Bonchev–Trinajstić information content (AvgIpc) is 3.43. The molecular weight excluding hydrogens is 603 g/mol. The third-order valence-electron chi connectivity index (χ3n) is 11.5. The number of unbranched alkanes of at least 4 members (excludes halogenated alkanes) is 18. The predicted octanol–water partition coefficient (Wildman–Crippen LogP) is 16.0. The van der Waals surface area contributed by atoms with Crippen LogP contribution in [0.4, 0.5) is 17.1 Å². The number of benzene rings is 4. The molecule has 0 unspecified atom stereocenters. The van der Waals surface area contributed by atoms with Gasteiger partial charge in [-0.05, 0) is 71.5 Å². The van der Waals surface area contributed by atoms with E-state index in [1.807, 2.05) is 0 Å². The monoisotopic (exact) mass is 670 g/mol. The van der Waals surface area contributed by atoms with E-state index in [1.54, 1.807) is 11.1 Å². The Bertz CT molecular complexity index is 1420. The van der Waals surface area contributed by atoms with Gasteiger partial charge in [-0.2, -0.15) is 0 Å². The second kappa shape index (κ2) is 21.1. The van der Waals surface area contributed by atoms with Crippen LogP contribution < -0.4 is 4.90 Å². The molecule has 0 amide bonds. The van der Waals surface area contributed by atoms with Crippen LogP contribution in [0.2, 0.25) is 0 Å². The number of hydrogen-bond acceptors (Lipinski definition) is 1. The normalized spacial score (nSPS) is 12.9. The number of hydrogen-bond donors (Lipinski definition) is 0. The van der Waals surface area contributed by atoms with Crippen LogP contribution in [0.25, 0.3) is 11.1 Å². The van der Waals surface area contributed by atoms with Crippen LogP contribution in [0.5, 0.6) is 0 Å². The molecule has 1 aliphatic rings. The molecule has 4 aromatic carbocycles. The molecule has 50 heavy (non-hydrogen) atoms. The third kappa shape index (κ3) is 10.4. The van der Waals surface area contributed by atoms with E-state index in [0.717, 1.165) is 0 Å². The van der Waals surface area contributed by atoms with Gasteiger partial charge in [-0.25, -0.2) is 0 Å². The van der Waals surface area contributed by atoms with Crippen molar-refractivity contribution in [2.24, 2.45) is 0 Å². The van der Waals surface area contributed by atoms with Gasteiger partial charge < -0.3 is 4.90 Å². The van der Waals surface area contributed by atoms with Crippen LogP contribution in [0.1, 0.15) is 166 Å².